The number of hydrogen-bond donors (Lipinski definition) is 3. The van der Waals surface area contributed by atoms with Gasteiger partial charge in [-0.2, -0.15) is 5.10 Å². The van der Waals surface area contributed by atoms with Gasteiger partial charge in [0.2, 0.25) is 5.91 Å². The van der Waals surface area contributed by atoms with Crippen molar-refractivity contribution in [3.8, 4) is 0 Å². The Kier molecular flexibility index (Phi) is 5.06. The molecule has 1 fully saturated rings. The number of benzene rings is 1. The molecule has 1 aromatic carbocycles. The molecule has 1 heterocycles. The van der Waals surface area contributed by atoms with Gasteiger partial charge in [0.1, 0.15) is 17.9 Å². The number of amides is 3. The number of carbonyl (C=O) groups is 2. The second-order valence-corrected chi connectivity index (χ2v) is 6.43. The van der Waals surface area contributed by atoms with Crippen LogP contribution < -0.4 is 16.0 Å². The van der Waals surface area contributed by atoms with Crippen molar-refractivity contribution >= 4 is 29.0 Å². The highest BCUT2D eigenvalue weighted by Crippen LogP contribution is 2.22. The van der Waals surface area contributed by atoms with E-state index in [-0.39, 0.29) is 35.9 Å². The highest BCUT2D eigenvalue weighted by molar-refractivity contribution is 5.92. The molecule has 1 aliphatic rings. The van der Waals surface area contributed by atoms with Crippen molar-refractivity contribution in [3.05, 3.63) is 45.8 Å². The summed E-state index contributed by atoms with van der Waals surface area (Å²) in [5.41, 5.74) is 1.67. The SMILES string of the molecule is Cc1nn(CC(=O)Nc2ccc(NC(=O)NC3CC3)cc2)c(C)c1[N+](=O)[O-]. The average molecular weight is 372 g/mol. The largest absolute Gasteiger partial charge is 0.335 e. The van der Waals surface area contributed by atoms with Gasteiger partial charge < -0.3 is 16.0 Å². The third kappa shape index (κ3) is 4.60. The molecular weight excluding hydrogens is 352 g/mol. The summed E-state index contributed by atoms with van der Waals surface area (Å²) in [7, 11) is 0. The summed E-state index contributed by atoms with van der Waals surface area (Å²) in [5.74, 6) is -0.359. The number of rotatable bonds is 6. The van der Waals surface area contributed by atoms with Crippen LogP contribution in [0.2, 0.25) is 0 Å². The minimum absolute atomic E-state index is 0.0808. The number of anilines is 2. The first kappa shape index (κ1) is 18.4. The predicted molar refractivity (Wildman–Crippen MR) is 98.6 cm³/mol. The van der Waals surface area contributed by atoms with Crippen molar-refractivity contribution in [2.24, 2.45) is 0 Å². The molecule has 142 valence electrons. The van der Waals surface area contributed by atoms with E-state index >= 15 is 0 Å². The smallest absolute Gasteiger partial charge is 0.319 e. The van der Waals surface area contributed by atoms with E-state index in [4.69, 9.17) is 0 Å². The van der Waals surface area contributed by atoms with E-state index in [1.54, 1.807) is 31.2 Å². The molecule has 3 rings (SSSR count). The Bertz CT molecular complexity index is 886. The molecule has 10 nitrogen and oxygen atoms in total. The van der Waals surface area contributed by atoms with Crippen molar-refractivity contribution in [2.75, 3.05) is 10.6 Å². The van der Waals surface area contributed by atoms with Crippen molar-refractivity contribution in [1.29, 1.82) is 0 Å². The fourth-order valence-corrected chi connectivity index (χ4v) is 2.66. The van der Waals surface area contributed by atoms with Crippen LogP contribution in [0.5, 0.6) is 0 Å². The van der Waals surface area contributed by atoms with Gasteiger partial charge in [-0.25, -0.2) is 4.79 Å². The van der Waals surface area contributed by atoms with E-state index in [9.17, 15) is 19.7 Å². The molecule has 0 bridgehead atoms. The normalized spacial score (nSPS) is 13.1. The molecule has 0 saturated heterocycles. The number of hydrogen-bond acceptors (Lipinski definition) is 5. The zero-order chi connectivity index (χ0) is 19.6. The summed E-state index contributed by atoms with van der Waals surface area (Å²) in [6.07, 6.45) is 2.02. The number of nitro groups is 1. The molecule has 1 saturated carbocycles. The third-order valence-corrected chi connectivity index (χ3v) is 4.16. The first-order valence-corrected chi connectivity index (χ1v) is 8.49. The fraction of sp³-hybridized carbons (Fsp3) is 0.353. The quantitative estimate of drug-likeness (QED) is 0.529. The molecule has 1 aromatic heterocycles. The molecule has 27 heavy (non-hydrogen) atoms. The number of carbonyl (C=O) groups excluding carboxylic acids is 2. The lowest BCUT2D eigenvalue weighted by molar-refractivity contribution is -0.386. The van der Waals surface area contributed by atoms with Crippen molar-refractivity contribution in [1.82, 2.24) is 15.1 Å². The van der Waals surface area contributed by atoms with Crippen LogP contribution in [0.4, 0.5) is 21.9 Å². The van der Waals surface area contributed by atoms with Crippen molar-refractivity contribution in [3.63, 3.8) is 0 Å². The van der Waals surface area contributed by atoms with Gasteiger partial charge in [-0.15, -0.1) is 0 Å². The molecule has 0 atom stereocenters. The third-order valence-electron chi connectivity index (χ3n) is 4.16. The van der Waals surface area contributed by atoms with Crippen LogP contribution in [0.25, 0.3) is 0 Å². The summed E-state index contributed by atoms with van der Waals surface area (Å²) in [4.78, 5) is 34.4. The van der Waals surface area contributed by atoms with Gasteiger partial charge in [0.25, 0.3) is 0 Å². The van der Waals surface area contributed by atoms with Gasteiger partial charge in [-0.1, -0.05) is 0 Å². The van der Waals surface area contributed by atoms with E-state index in [1.807, 2.05) is 0 Å². The van der Waals surface area contributed by atoms with Gasteiger partial charge in [0, 0.05) is 17.4 Å². The summed E-state index contributed by atoms with van der Waals surface area (Å²) in [5, 5.41) is 23.3. The summed E-state index contributed by atoms with van der Waals surface area (Å²) < 4.78 is 1.31. The zero-order valence-corrected chi connectivity index (χ0v) is 15.0. The van der Waals surface area contributed by atoms with Gasteiger partial charge in [-0.3, -0.25) is 19.6 Å². The van der Waals surface area contributed by atoms with E-state index in [2.05, 4.69) is 21.0 Å². The highest BCUT2D eigenvalue weighted by Gasteiger charge is 2.23. The number of aryl methyl sites for hydroxylation is 1. The maximum absolute atomic E-state index is 12.2. The van der Waals surface area contributed by atoms with E-state index < -0.39 is 4.92 Å². The molecule has 2 aromatic rings. The standard InChI is InChI=1S/C17H20N6O4/c1-10-16(23(26)27)11(2)22(21-10)9-15(24)18-12-3-5-13(6-4-12)19-17(25)20-14-7-8-14/h3-6,14H,7-9H2,1-2H3,(H,18,24)(H2,19,20,25). The van der Waals surface area contributed by atoms with Crippen LogP contribution in [0.1, 0.15) is 24.2 Å². The Balaban J connectivity index is 1.57. The molecule has 0 unspecified atom stereocenters. The van der Waals surface area contributed by atoms with Crippen molar-refractivity contribution in [2.45, 2.75) is 39.3 Å². The Hall–Kier alpha value is -3.43. The predicted octanol–water partition coefficient (Wildman–Crippen LogP) is 2.33. The van der Waals surface area contributed by atoms with Crippen LogP contribution in [0.15, 0.2) is 24.3 Å². The van der Waals surface area contributed by atoms with Gasteiger partial charge >= 0.3 is 11.7 Å². The molecule has 10 heteroatoms. The maximum Gasteiger partial charge on any atom is 0.319 e. The number of aromatic nitrogens is 2. The lowest BCUT2D eigenvalue weighted by Crippen LogP contribution is -2.30. The second-order valence-electron chi connectivity index (χ2n) is 6.43. The first-order chi connectivity index (χ1) is 12.8. The number of nitrogens with zero attached hydrogens (tertiary/aromatic N) is 3. The Morgan fingerprint density at radius 3 is 2.30 bits per heavy atom. The van der Waals surface area contributed by atoms with Gasteiger partial charge in [-0.05, 0) is 51.0 Å². The second kappa shape index (κ2) is 7.44. The first-order valence-electron chi connectivity index (χ1n) is 8.49. The van der Waals surface area contributed by atoms with E-state index in [0.29, 0.717) is 17.1 Å². The highest BCUT2D eigenvalue weighted by atomic mass is 16.6. The van der Waals surface area contributed by atoms with Crippen LogP contribution in [-0.2, 0) is 11.3 Å². The van der Waals surface area contributed by atoms with Crippen molar-refractivity contribution < 1.29 is 14.5 Å². The summed E-state index contributed by atoms with van der Waals surface area (Å²) in [6.45, 7) is 2.95. The number of nitrogens with one attached hydrogen (secondary N) is 3. The Morgan fingerprint density at radius 2 is 1.78 bits per heavy atom. The minimum atomic E-state index is -0.503. The van der Waals surface area contributed by atoms with Crippen LogP contribution in [-0.4, -0.2) is 32.7 Å². The van der Waals surface area contributed by atoms with E-state index in [1.165, 1.54) is 11.6 Å². The molecule has 0 radical (unpaired) electrons. The molecule has 0 spiro atoms. The molecule has 3 N–H and O–H groups in total. The van der Waals surface area contributed by atoms with E-state index in [0.717, 1.165) is 12.8 Å². The van der Waals surface area contributed by atoms with Gasteiger partial charge in [0.15, 0.2) is 0 Å². The van der Waals surface area contributed by atoms with Gasteiger partial charge in [0.05, 0.1) is 4.92 Å². The fourth-order valence-electron chi connectivity index (χ4n) is 2.66. The lowest BCUT2D eigenvalue weighted by atomic mass is 10.2. The minimum Gasteiger partial charge on any atom is -0.335 e. The van der Waals surface area contributed by atoms with Crippen LogP contribution in [0, 0.1) is 24.0 Å². The molecule has 3 amide bonds. The molecule has 1 aliphatic carbocycles. The maximum atomic E-state index is 12.2. The van der Waals surface area contributed by atoms with Crippen LogP contribution >= 0.6 is 0 Å². The summed E-state index contributed by atoms with van der Waals surface area (Å²) in [6, 6.07) is 6.70. The number of urea groups is 1. The molecule has 0 aliphatic heterocycles. The Morgan fingerprint density at radius 1 is 1.19 bits per heavy atom. The monoisotopic (exact) mass is 372 g/mol. The lowest BCUT2D eigenvalue weighted by Gasteiger charge is -2.09. The van der Waals surface area contributed by atoms with Crippen LogP contribution in [0.3, 0.4) is 0 Å². The molecular formula is C17H20N6O4. The average Bonchev–Trinajstić information content (AvgIpc) is 3.34. The zero-order valence-electron chi connectivity index (χ0n) is 15.0. The topological polar surface area (TPSA) is 131 Å². The summed E-state index contributed by atoms with van der Waals surface area (Å²) >= 11 is 0. The Labute approximate surface area is 155 Å².